The number of carbonyl (C=O) groups excluding carboxylic acids is 1. The van der Waals surface area contributed by atoms with Crippen LogP contribution in [0.15, 0.2) is 36.9 Å². The van der Waals surface area contributed by atoms with Crippen molar-refractivity contribution >= 4 is 5.91 Å². The van der Waals surface area contributed by atoms with Crippen molar-refractivity contribution in [3.05, 3.63) is 53.9 Å². The van der Waals surface area contributed by atoms with Gasteiger partial charge < -0.3 is 9.47 Å². The van der Waals surface area contributed by atoms with Gasteiger partial charge in [-0.2, -0.15) is 5.10 Å². The van der Waals surface area contributed by atoms with Crippen LogP contribution in [-0.2, 0) is 6.54 Å². The summed E-state index contributed by atoms with van der Waals surface area (Å²) in [6.45, 7) is 8.24. The van der Waals surface area contributed by atoms with Gasteiger partial charge in [0.25, 0.3) is 5.91 Å². The summed E-state index contributed by atoms with van der Waals surface area (Å²) >= 11 is 0. The molecule has 4 heterocycles. The van der Waals surface area contributed by atoms with Gasteiger partial charge >= 0.3 is 0 Å². The fourth-order valence-corrected chi connectivity index (χ4v) is 3.90. The first kappa shape index (κ1) is 17.5. The fraction of sp³-hybridized carbons (Fsp3) is 0.400. The molecule has 1 saturated heterocycles. The number of likely N-dealkylation sites (tertiary alicyclic amines) is 1. The second kappa shape index (κ2) is 6.98. The summed E-state index contributed by atoms with van der Waals surface area (Å²) < 4.78 is 4.11. The highest BCUT2D eigenvalue weighted by molar-refractivity contribution is 5.95. The second-order valence-electron chi connectivity index (χ2n) is 6.99. The first-order valence-electron chi connectivity index (χ1n) is 9.36. The van der Waals surface area contributed by atoms with E-state index in [0.29, 0.717) is 12.1 Å². The van der Waals surface area contributed by atoms with E-state index in [4.69, 9.17) is 0 Å². The van der Waals surface area contributed by atoms with Crippen LogP contribution in [0.5, 0.6) is 0 Å². The van der Waals surface area contributed by atoms with Gasteiger partial charge in [-0.1, -0.05) is 0 Å². The van der Waals surface area contributed by atoms with E-state index in [0.717, 1.165) is 42.3 Å². The first-order chi connectivity index (χ1) is 13.1. The average Bonchev–Trinajstić information content (AvgIpc) is 3.40. The number of pyridine rings is 1. The Morgan fingerprint density at radius 1 is 1.26 bits per heavy atom. The highest BCUT2D eigenvalue weighted by Crippen LogP contribution is 2.30. The molecule has 0 saturated carbocycles. The third-order valence-corrected chi connectivity index (χ3v) is 5.35. The Morgan fingerprint density at radius 3 is 2.81 bits per heavy atom. The molecule has 3 aromatic rings. The predicted octanol–water partition coefficient (Wildman–Crippen LogP) is 2.87. The van der Waals surface area contributed by atoms with E-state index >= 15 is 0 Å². The topological polar surface area (TPSA) is 68.8 Å². The van der Waals surface area contributed by atoms with Crippen LogP contribution in [0.1, 0.15) is 41.1 Å². The molecule has 4 rings (SSSR count). The van der Waals surface area contributed by atoms with Crippen LogP contribution in [-0.4, -0.2) is 48.2 Å². The van der Waals surface area contributed by atoms with Crippen molar-refractivity contribution in [1.29, 1.82) is 0 Å². The van der Waals surface area contributed by atoms with Crippen molar-refractivity contribution in [1.82, 2.24) is 29.2 Å². The minimum atomic E-state index is 0.0652. The first-order valence-corrected chi connectivity index (χ1v) is 9.36. The number of carbonyl (C=O) groups is 1. The summed E-state index contributed by atoms with van der Waals surface area (Å²) in [7, 11) is 0. The van der Waals surface area contributed by atoms with Gasteiger partial charge in [-0.25, -0.2) is 4.98 Å². The van der Waals surface area contributed by atoms with Gasteiger partial charge in [0.2, 0.25) is 0 Å². The summed E-state index contributed by atoms with van der Waals surface area (Å²) in [5.74, 6) is 0.977. The average molecular weight is 364 g/mol. The second-order valence-corrected chi connectivity index (χ2v) is 6.99. The van der Waals surface area contributed by atoms with Crippen LogP contribution in [0.25, 0.3) is 11.4 Å². The number of rotatable bonds is 4. The van der Waals surface area contributed by atoms with Gasteiger partial charge in [0.15, 0.2) is 0 Å². The van der Waals surface area contributed by atoms with E-state index < -0.39 is 0 Å². The lowest BCUT2D eigenvalue weighted by Gasteiger charge is -2.19. The van der Waals surface area contributed by atoms with Gasteiger partial charge in [0, 0.05) is 55.2 Å². The lowest BCUT2D eigenvalue weighted by Crippen LogP contribution is -2.29. The summed E-state index contributed by atoms with van der Waals surface area (Å²) in [5, 5.41) is 4.31. The zero-order chi connectivity index (χ0) is 19.0. The van der Waals surface area contributed by atoms with Crippen LogP contribution >= 0.6 is 0 Å². The molecule has 7 nitrogen and oxygen atoms in total. The van der Waals surface area contributed by atoms with E-state index in [2.05, 4.69) is 26.6 Å². The normalized spacial score (nSPS) is 16.9. The SMILES string of the molecule is CCn1ncc(C(=O)N2CCC(n3c(C)cnc3-c3cccnc3)C2)c1C. The number of aromatic nitrogens is 5. The summed E-state index contributed by atoms with van der Waals surface area (Å²) in [6.07, 6.45) is 8.09. The van der Waals surface area contributed by atoms with Gasteiger partial charge in [0.05, 0.1) is 17.8 Å². The van der Waals surface area contributed by atoms with Crippen LogP contribution in [0, 0.1) is 13.8 Å². The Labute approximate surface area is 158 Å². The Balaban J connectivity index is 1.58. The minimum absolute atomic E-state index is 0.0652. The molecular weight excluding hydrogens is 340 g/mol. The fourth-order valence-electron chi connectivity index (χ4n) is 3.90. The molecule has 0 aromatic carbocycles. The standard InChI is InChI=1S/C20H24N6O/c1-4-25-15(3)18(12-23-25)20(27)24-9-7-17(13-24)26-14(2)10-22-19(26)16-6-5-8-21-11-16/h5-6,8,10-12,17H,4,7,9,13H2,1-3H3. The summed E-state index contributed by atoms with van der Waals surface area (Å²) in [4.78, 5) is 23.7. The van der Waals surface area contributed by atoms with Gasteiger partial charge in [-0.05, 0) is 39.3 Å². The molecule has 1 aliphatic rings. The molecule has 27 heavy (non-hydrogen) atoms. The van der Waals surface area contributed by atoms with Crippen molar-refractivity contribution < 1.29 is 4.79 Å². The number of hydrogen-bond acceptors (Lipinski definition) is 4. The molecule has 0 radical (unpaired) electrons. The van der Waals surface area contributed by atoms with E-state index in [1.54, 1.807) is 12.4 Å². The Hall–Kier alpha value is -2.96. The van der Waals surface area contributed by atoms with Gasteiger partial charge in [-0.15, -0.1) is 0 Å². The third kappa shape index (κ3) is 3.03. The molecule has 1 unspecified atom stereocenters. The van der Waals surface area contributed by atoms with Crippen molar-refractivity contribution in [2.45, 2.75) is 39.8 Å². The lowest BCUT2D eigenvalue weighted by atomic mass is 10.2. The predicted molar refractivity (Wildman–Crippen MR) is 102 cm³/mol. The van der Waals surface area contributed by atoms with Gasteiger partial charge in [-0.3, -0.25) is 14.5 Å². The largest absolute Gasteiger partial charge is 0.336 e. The number of amides is 1. The third-order valence-electron chi connectivity index (χ3n) is 5.35. The molecule has 140 valence electrons. The maximum Gasteiger partial charge on any atom is 0.257 e. The van der Waals surface area contributed by atoms with Crippen LogP contribution in [0.4, 0.5) is 0 Å². The lowest BCUT2D eigenvalue weighted by molar-refractivity contribution is 0.0786. The van der Waals surface area contributed by atoms with Crippen LogP contribution in [0.3, 0.4) is 0 Å². The summed E-state index contributed by atoms with van der Waals surface area (Å²) in [5.41, 5.74) is 3.73. The number of aryl methyl sites for hydroxylation is 2. The van der Waals surface area contributed by atoms with E-state index in [9.17, 15) is 4.79 Å². The van der Waals surface area contributed by atoms with Crippen LogP contribution < -0.4 is 0 Å². The summed E-state index contributed by atoms with van der Waals surface area (Å²) in [6, 6.07) is 4.15. The maximum absolute atomic E-state index is 13.0. The number of hydrogen-bond donors (Lipinski definition) is 0. The smallest absolute Gasteiger partial charge is 0.257 e. The molecule has 0 aliphatic carbocycles. The van der Waals surface area contributed by atoms with E-state index in [-0.39, 0.29) is 11.9 Å². The van der Waals surface area contributed by atoms with E-state index in [1.165, 1.54) is 0 Å². The molecule has 1 aliphatic heterocycles. The van der Waals surface area contributed by atoms with E-state index in [1.807, 2.05) is 48.0 Å². The molecule has 0 bridgehead atoms. The Bertz CT molecular complexity index is 958. The Kier molecular flexibility index (Phi) is 4.51. The zero-order valence-electron chi connectivity index (χ0n) is 16.0. The monoisotopic (exact) mass is 364 g/mol. The minimum Gasteiger partial charge on any atom is -0.336 e. The molecule has 3 aromatic heterocycles. The molecular formula is C20H24N6O. The van der Waals surface area contributed by atoms with Crippen molar-refractivity contribution in [2.75, 3.05) is 13.1 Å². The zero-order valence-corrected chi connectivity index (χ0v) is 16.0. The van der Waals surface area contributed by atoms with Crippen molar-refractivity contribution in [3.63, 3.8) is 0 Å². The van der Waals surface area contributed by atoms with Crippen molar-refractivity contribution in [3.8, 4) is 11.4 Å². The molecule has 1 amide bonds. The number of nitrogens with zero attached hydrogens (tertiary/aromatic N) is 6. The van der Waals surface area contributed by atoms with Gasteiger partial charge in [0.1, 0.15) is 5.82 Å². The van der Waals surface area contributed by atoms with Crippen molar-refractivity contribution in [2.24, 2.45) is 0 Å². The Morgan fingerprint density at radius 2 is 2.11 bits per heavy atom. The maximum atomic E-state index is 13.0. The molecule has 1 atom stereocenters. The highest BCUT2D eigenvalue weighted by Gasteiger charge is 2.31. The highest BCUT2D eigenvalue weighted by atomic mass is 16.2. The molecule has 0 N–H and O–H groups in total. The van der Waals surface area contributed by atoms with Crippen LogP contribution in [0.2, 0.25) is 0 Å². The molecule has 1 fully saturated rings. The quantitative estimate of drug-likeness (QED) is 0.714. The molecule has 0 spiro atoms. The number of imidazole rings is 1. The molecule has 7 heteroatoms.